The van der Waals surface area contributed by atoms with Crippen molar-refractivity contribution >= 4 is 0 Å². The summed E-state index contributed by atoms with van der Waals surface area (Å²) in [5, 5.41) is 2.67. The van der Waals surface area contributed by atoms with Gasteiger partial charge in [0.15, 0.2) is 0 Å². The Morgan fingerprint density at radius 1 is 1.13 bits per heavy atom. The number of nitrogens with one attached hydrogen (secondary N) is 1. The van der Waals surface area contributed by atoms with Gasteiger partial charge < -0.3 is 0 Å². The summed E-state index contributed by atoms with van der Waals surface area (Å²) in [5.74, 6) is 0.671. The highest BCUT2D eigenvalue weighted by molar-refractivity contribution is 5.39. The van der Waals surface area contributed by atoms with Gasteiger partial charge in [0.25, 0.3) is 0 Å². The van der Waals surface area contributed by atoms with Crippen LogP contribution in [-0.2, 0) is 0 Å². The van der Waals surface area contributed by atoms with E-state index in [9.17, 15) is 4.79 Å². The van der Waals surface area contributed by atoms with Crippen LogP contribution in [0.3, 0.4) is 0 Å². The van der Waals surface area contributed by atoms with Gasteiger partial charge in [-0.3, -0.25) is 0 Å². The number of hydrogen-bond acceptors (Lipinski definition) is 2. The zero-order valence-electron chi connectivity index (χ0n) is 9.03. The van der Waals surface area contributed by atoms with E-state index in [0.717, 1.165) is 5.69 Å². The lowest BCUT2D eigenvalue weighted by molar-refractivity contribution is 0.829. The molecule has 0 aliphatic rings. The number of aryl methyl sites for hydroxylation is 3. The Bertz CT molecular complexity index is 531. The molecule has 0 spiro atoms. The molecule has 4 heteroatoms. The number of aromatic amines is 1. The maximum absolute atomic E-state index is 11.1. The van der Waals surface area contributed by atoms with Crippen molar-refractivity contribution in [3.63, 3.8) is 0 Å². The van der Waals surface area contributed by atoms with Crippen LogP contribution in [0, 0.1) is 20.8 Å². The number of benzene rings is 1. The first kappa shape index (κ1) is 9.71. The molecule has 4 nitrogen and oxygen atoms in total. The van der Waals surface area contributed by atoms with Gasteiger partial charge in [-0.1, -0.05) is 6.07 Å². The van der Waals surface area contributed by atoms with E-state index in [0.29, 0.717) is 5.82 Å². The predicted molar refractivity (Wildman–Crippen MR) is 58.4 cm³/mol. The third-order valence-corrected chi connectivity index (χ3v) is 2.26. The number of nitrogens with zero attached hydrogens (tertiary/aromatic N) is 2. The van der Waals surface area contributed by atoms with Crippen molar-refractivity contribution in [3.05, 3.63) is 45.6 Å². The molecule has 0 saturated heterocycles. The van der Waals surface area contributed by atoms with Crippen LogP contribution in [0.4, 0.5) is 0 Å². The first-order valence-corrected chi connectivity index (χ1v) is 4.80. The van der Waals surface area contributed by atoms with Crippen molar-refractivity contribution in [2.75, 3.05) is 0 Å². The first-order chi connectivity index (χ1) is 7.06. The number of aromatic nitrogens is 3. The maximum Gasteiger partial charge on any atom is 0.361 e. The Morgan fingerprint density at radius 3 is 2.20 bits per heavy atom. The summed E-state index contributed by atoms with van der Waals surface area (Å²) >= 11 is 0. The Labute approximate surface area is 87.6 Å². The molecule has 1 aromatic carbocycles. The van der Waals surface area contributed by atoms with Crippen LogP contribution in [0.5, 0.6) is 0 Å². The third kappa shape index (κ3) is 1.83. The van der Waals surface area contributed by atoms with Crippen LogP contribution in [-0.4, -0.2) is 14.8 Å². The van der Waals surface area contributed by atoms with Crippen LogP contribution >= 0.6 is 0 Å². The van der Waals surface area contributed by atoms with Gasteiger partial charge in [0.1, 0.15) is 5.82 Å². The molecular weight excluding hydrogens is 190 g/mol. The molecule has 1 aromatic heterocycles. The van der Waals surface area contributed by atoms with Gasteiger partial charge in [-0.25, -0.2) is 14.6 Å². The summed E-state index contributed by atoms with van der Waals surface area (Å²) in [6, 6.07) is 6.11. The average molecular weight is 203 g/mol. The molecule has 0 aliphatic carbocycles. The molecule has 0 amide bonds. The minimum absolute atomic E-state index is 0.313. The van der Waals surface area contributed by atoms with Crippen molar-refractivity contribution in [1.82, 2.24) is 14.8 Å². The van der Waals surface area contributed by atoms with Crippen LogP contribution < -0.4 is 5.69 Å². The maximum atomic E-state index is 11.1. The van der Waals surface area contributed by atoms with Gasteiger partial charge in [0.05, 0.1) is 5.69 Å². The minimum Gasteiger partial charge on any atom is -0.244 e. The zero-order valence-corrected chi connectivity index (χ0v) is 9.03. The van der Waals surface area contributed by atoms with Crippen molar-refractivity contribution in [3.8, 4) is 5.69 Å². The van der Waals surface area contributed by atoms with Gasteiger partial charge >= 0.3 is 5.69 Å². The lowest BCUT2D eigenvalue weighted by atomic mass is 10.1. The molecule has 1 heterocycles. The molecule has 0 fully saturated rings. The Balaban J connectivity index is 2.63. The fraction of sp³-hybridized carbons (Fsp3) is 0.273. The highest BCUT2D eigenvalue weighted by Gasteiger charge is 2.04. The molecular formula is C11H13N3O. The fourth-order valence-electron chi connectivity index (χ4n) is 1.73. The van der Waals surface area contributed by atoms with E-state index in [1.54, 1.807) is 11.6 Å². The second kappa shape index (κ2) is 3.38. The van der Waals surface area contributed by atoms with Gasteiger partial charge in [0, 0.05) is 0 Å². The second-order valence-electron chi connectivity index (χ2n) is 3.76. The average Bonchev–Trinajstić information content (AvgIpc) is 2.43. The Morgan fingerprint density at radius 2 is 1.73 bits per heavy atom. The molecule has 2 aromatic rings. The van der Waals surface area contributed by atoms with E-state index in [2.05, 4.69) is 16.1 Å². The Hall–Kier alpha value is -1.84. The minimum atomic E-state index is -0.313. The normalized spacial score (nSPS) is 10.6. The largest absolute Gasteiger partial charge is 0.361 e. The highest BCUT2D eigenvalue weighted by atomic mass is 16.1. The molecule has 15 heavy (non-hydrogen) atoms. The van der Waals surface area contributed by atoms with E-state index in [1.165, 1.54) is 11.1 Å². The zero-order chi connectivity index (χ0) is 11.0. The van der Waals surface area contributed by atoms with Gasteiger partial charge in [-0.15, -0.1) is 0 Å². The quantitative estimate of drug-likeness (QED) is 0.763. The lowest BCUT2D eigenvalue weighted by Crippen LogP contribution is -2.05. The van der Waals surface area contributed by atoms with Crippen LogP contribution in [0.25, 0.3) is 5.69 Å². The summed E-state index contributed by atoms with van der Waals surface area (Å²) in [5.41, 5.74) is 2.96. The monoisotopic (exact) mass is 203 g/mol. The highest BCUT2D eigenvalue weighted by Crippen LogP contribution is 2.12. The van der Waals surface area contributed by atoms with E-state index in [1.807, 2.05) is 26.0 Å². The molecule has 1 N–H and O–H groups in total. The number of H-pyrrole nitrogens is 1. The molecule has 0 saturated carbocycles. The van der Waals surface area contributed by atoms with Crippen LogP contribution in [0.15, 0.2) is 23.0 Å². The smallest absolute Gasteiger partial charge is 0.244 e. The second-order valence-corrected chi connectivity index (χ2v) is 3.76. The van der Waals surface area contributed by atoms with Crippen molar-refractivity contribution in [1.29, 1.82) is 0 Å². The van der Waals surface area contributed by atoms with Crippen molar-refractivity contribution < 1.29 is 0 Å². The molecule has 0 radical (unpaired) electrons. The fourth-order valence-corrected chi connectivity index (χ4v) is 1.73. The topological polar surface area (TPSA) is 50.7 Å². The molecule has 2 rings (SSSR count). The SMILES string of the molecule is Cc1cc(C)cc(-n2[nH]c(=O)nc2C)c1. The van der Waals surface area contributed by atoms with E-state index in [4.69, 9.17) is 0 Å². The van der Waals surface area contributed by atoms with Gasteiger partial charge in [-0.2, -0.15) is 4.98 Å². The van der Waals surface area contributed by atoms with Gasteiger partial charge in [0.2, 0.25) is 0 Å². The molecule has 0 unspecified atom stereocenters. The van der Waals surface area contributed by atoms with E-state index in [-0.39, 0.29) is 5.69 Å². The molecule has 0 aliphatic heterocycles. The third-order valence-electron chi connectivity index (χ3n) is 2.26. The first-order valence-electron chi connectivity index (χ1n) is 4.80. The van der Waals surface area contributed by atoms with Gasteiger partial charge in [-0.05, 0) is 44.0 Å². The van der Waals surface area contributed by atoms with Crippen LogP contribution in [0.1, 0.15) is 17.0 Å². The van der Waals surface area contributed by atoms with E-state index >= 15 is 0 Å². The van der Waals surface area contributed by atoms with Crippen LogP contribution in [0.2, 0.25) is 0 Å². The molecule has 0 bridgehead atoms. The molecule has 78 valence electrons. The summed E-state index contributed by atoms with van der Waals surface area (Å²) in [6.45, 7) is 5.86. The Kier molecular flexibility index (Phi) is 2.19. The molecule has 0 atom stereocenters. The van der Waals surface area contributed by atoms with Crippen molar-refractivity contribution in [2.45, 2.75) is 20.8 Å². The summed E-state index contributed by atoms with van der Waals surface area (Å²) in [6.07, 6.45) is 0. The standard InChI is InChI=1S/C11H13N3O/c1-7-4-8(2)6-10(5-7)14-9(3)12-11(15)13-14/h4-6H,1-3H3,(H,13,15). The van der Waals surface area contributed by atoms with Crippen molar-refractivity contribution in [2.24, 2.45) is 0 Å². The summed E-state index contributed by atoms with van der Waals surface area (Å²) in [4.78, 5) is 14.9. The van der Waals surface area contributed by atoms with E-state index < -0.39 is 0 Å². The number of hydrogen-bond donors (Lipinski definition) is 1. The summed E-state index contributed by atoms with van der Waals surface area (Å²) < 4.78 is 1.70. The predicted octanol–water partition coefficient (Wildman–Crippen LogP) is 1.49. The summed E-state index contributed by atoms with van der Waals surface area (Å²) in [7, 11) is 0. The number of rotatable bonds is 1. The lowest BCUT2D eigenvalue weighted by Gasteiger charge is -2.06.